The number of para-hydroxylation sites is 2. The van der Waals surface area contributed by atoms with Gasteiger partial charge in [-0.25, -0.2) is 4.98 Å². The van der Waals surface area contributed by atoms with E-state index in [1.807, 2.05) is 43.3 Å². The molecule has 6 heteroatoms. The highest BCUT2D eigenvalue weighted by molar-refractivity contribution is 5.99. The zero-order chi connectivity index (χ0) is 18.5. The Morgan fingerprint density at radius 1 is 1.19 bits per heavy atom. The van der Waals surface area contributed by atoms with Crippen molar-refractivity contribution in [3.63, 3.8) is 0 Å². The minimum absolute atomic E-state index is 0.149. The van der Waals surface area contributed by atoms with Crippen LogP contribution in [0, 0.1) is 6.92 Å². The molecule has 0 aliphatic heterocycles. The Kier molecular flexibility index (Phi) is 5.22. The number of nitrogens with one attached hydrogen (secondary N) is 1. The van der Waals surface area contributed by atoms with E-state index in [2.05, 4.69) is 10.3 Å². The molecule has 0 radical (unpaired) electrons. The summed E-state index contributed by atoms with van der Waals surface area (Å²) in [5.74, 6) is 2.56. The Labute approximate surface area is 152 Å². The predicted molar refractivity (Wildman–Crippen MR) is 99.8 cm³/mol. The average Bonchev–Trinajstić information content (AvgIpc) is 3.06. The average molecular weight is 351 g/mol. The summed E-state index contributed by atoms with van der Waals surface area (Å²) in [6.45, 7) is 2.26. The normalized spacial score (nSPS) is 10.4. The van der Waals surface area contributed by atoms with Gasteiger partial charge in [0.25, 0.3) is 5.91 Å². The van der Waals surface area contributed by atoms with Gasteiger partial charge in [-0.15, -0.1) is 0 Å². The number of nitrogens with zero attached hydrogens (tertiary/aromatic N) is 2. The van der Waals surface area contributed by atoms with E-state index in [0.717, 1.165) is 17.2 Å². The van der Waals surface area contributed by atoms with E-state index in [9.17, 15) is 4.79 Å². The quantitative estimate of drug-likeness (QED) is 0.727. The van der Waals surface area contributed by atoms with Crippen LogP contribution in [0.4, 0.5) is 11.5 Å². The summed E-state index contributed by atoms with van der Waals surface area (Å²) in [5.41, 5.74) is 1.22. The maximum Gasteiger partial charge on any atom is 0.257 e. The molecule has 0 aliphatic carbocycles. The summed E-state index contributed by atoms with van der Waals surface area (Å²) in [7, 11) is 3.34. The van der Waals surface area contributed by atoms with E-state index >= 15 is 0 Å². The second-order valence-corrected chi connectivity index (χ2v) is 5.90. The van der Waals surface area contributed by atoms with Crippen molar-refractivity contribution in [2.75, 3.05) is 19.5 Å². The smallest absolute Gasteiger partial charge is 0.257 e. The van der Waals surface area contributed by atoms with Crippen LogP contribution in [0.25, 0.3) is 0 Å². The number of anilines is 2. The molecular formula is C20H21N3O3. The molecule has 0 bridgehead atoms. The number of rotatable bonds is 6. The molecule has 0 unspecified atom stereocenters. The molecular weight excluding hydrogens is 330 g/mol. The van der Waals surface area contributed by atoms with Crippen molar-refractivity contribution in [2.24, 2.45) is 0 Å². The summed E-state index contributed by atoms with van der Waals surface area (Å²) >= 11 is 0. The third-order valence-electron chi connectivity index (χ3n) is 3.93. The van der Waals surface area contributed by atoms with Crippen molar-refractivity contribution >= 4 is 17.4 Å². The number of amides is 1. The Bertz CT molecular complexity index is 905. The Balaban J connectivity index is 1.83. The van der Waals surface area contributed by atoms with Crippen molar-refractivity contribution in [2.45, 2.75) is 13.5 Å². The predicted octanol–water partition coefficient (Wildman–Crippen LogP) is 4.01. The highest BCUT2D eigenvalue weighted by Gasteiger charge is 2.18. The first-order valence-corrected chi connectivity index (χ1v) is 8.24. The van der Waals surface area contributed by atoms with Crippen LogP contribution in [0.1, 0.15) is 21.9 Å². The van der Waals surface area contributed by atoms with Gasteiger partial charge in [-0.2, -0.15) is 0 Å². The number of carbonyl (C=O) groups is 1. The monoisotopic (exact) mass is 351 g/mol. The summed E-state index contributed by atoms with van der Waals surface area (Å²) in [4.78, 5) is 18.8. The van der Waals surface area contributed by atoms with E-state index in [4.69, 9.17) is 9.15 Å². The number of furan rings is 1. The fraction of sp³-hybridized carbons (Fsp3) is 0.200. The van der Waals surface area contributed by atoms with E-state index < -0.39 is 0 Å². The summed E-state index contributed by atoms with van der Waals surface area (Å²) in [6, 6.07) is 14.7. The van der Waals surface area contributed by atoms with Crippen molar-refractivity contribution in [3.8, 4) is 5.75 Å². The van der Waals surface area contributed by atoms with Crippen LogP contribution in [0.15, 0.2) is 59.1 Å². The maximum absolute atomic E-state index is 12.9. The molecule has 0 aliphatic rings. The number of carbonyl (C=O) groups excluding carboxylic acids is 1. The van der Waals surface area contributed by atoms with Gasteiger partial charge in [0, 0.05) is 13.2 Å². The van der Waals surface area contributed by atoms with Crippen LogP contribution in [-0.2, 0) is 6.54 Å². The lowest BCUT2D eigenvalue weighted by atomic mass is 10.2. The summed E-state index contributed by atoms with van der Waals surface area (Å²) < 4.78 is 10.9. The molecule has 1 amide bonds. The van der Waals surface area contributed by atoms with Gasteiger partial charge in [0.2, 0.25) is 0 Å². The third kappa shape index (κ3) is 3.85. The molecule has 3 rings (SSSR count). The fourth-order valence-electron chi connectivity index (χ4n) is 2.63. The molecule has 134 valence electrons. The topological polar surface area (TPSA) is 67.6 Å². The zero-order valence-electron chi connectivity index (χ0n) is 15.0. The van der Waals surface area contributed by atoms with Gasteiger partial charge in [-0.05, 0) is 43.3 Å². The molecule has 2 heterocycles. The molecule has 0 saturated heterocycles. The Morgan fingerprint density at radius 3 is 2.73 bits per heavy atom. The Hall–Kier alpha value is -3.28. The zero-order valence-corrected chi connectivity index (χ0v) is 15.0. The lowest BCUT2D eigenvalue weighted by molar-refractivity contribution is 0.0775. The van der Waals surface area contributed by atoms with E-state index in [0.29, 0.717) is 23.7 Å². The van der Waals surface area contributed by atoms with Gasteiger partial charge < -0.3 is 19.4 Å². The molecule has 1 aromatic carbocycles. The second kappa shape index (κ2) is 7.74. The van der Waals surface area contributed by atoms with E-state index in [-0.39, 0.29) is 5.91 Å². The molecule has 6 nitrogen and oxygen atoms in total. The molecule has 0 fully saturated rings. The second-order valence-electron chi connectivity index (χ2n) is 5.90. The van der Waals surface area contributed by atoms with Crippen LogP contribution >= 0.6 is 0 Å². The molecule has 3 aromatic rings. The lowest BCUT2D eigenvalue weighted by Crippen LogP contribution is -2.27. The number of hydrogen-bond acceptors (Lipinski definition) is 5. The number of aromatic nitrogens is 1. The number of hydrogen-bond donors (Lipinski definition) is 1. The first-order chi connectivity index (χ1) is 12.6. The van der Waals surface area contributed by atoms with Gasteiger partial charge >= 0.3 is 0 Å². The molecule has 0 saturated carbocycles. The van der Waals surface area contributed by atoms with Crippen molar-refractivity contribution in [1.29, 1.82) is 0 Å². The van der Waals surface area contributed by atoms with Crippen molar-refractivity contribution in [3.05, 3.63) is 71.8 Å². The molecule has 1 N–H and O–H groups in total. The summed E-state index contributed by atoms with van der Waals surface area (Å²) in [5, 5.41) is 3.19. The standard InChI is InChI=1S/C20H21N3O3/c1-14-10-11-15(26-14)13-23(2)20(24)16-7-6-12-21-19(16)22-17-8-4-5-9-18(17)25-3/h4-12H,13H2,1-3H3,(H,21,22). The van der Waals surface area contributed by atoms with Crippen molar-refractivity contribution in [1.82, 2.24) is 9.88 Å². The molecule has 2 aromatic heterocycles. The van der Waals surface area contributed by atoms with Gasteiger partial charge in [-0.3, -0.25) is 4.79 Å². The first-order valence-electron chi connectivity index (χ1n) is 8.24. The van der Waals surface area contributed by atoms with E-state index in [1.54, 1.807) is 37.4 Å². The lowest BCUT2D eigenvalue weighted by Gasteiger charge is -2.18. The van der Waals surface area contributed by atoms with Gasteiger partial charge in [0.15, 0.2) is 0 Å². The highest BCUT2D eigenvalue weighted by atomic mass is 16.5. The van der Waals surface area contributed by atoms with Gasteiger partial charge in [-0.1, -0.05) is 12.1 Å². The molecule has 0 atom stereocenters. The molecule has 26 heavy (non-hydrogen) atoms. The van der Waals surface area contributed by atoms with Crippen LogP contribution in [0.2, 0.25) is 0 Å². The van der Waals surface area contributed by atoms with Crippen molar-refractivity contribution < 1.29 is 13.9 Å². The fourth-order valence-corrected chi connectivity index (χ4v) is 2.63. The minimum atomic E-state index is -0.149. The third-order valence-corrected chi connectivity index (χ3v) is 3.93. The number of benzene rings is 1. The van der Waals surface area contributed by atoms with Crippen LogP contribution in [0.5, 0.6) is 5.75 Å². The van der Waals surface area contributed by atoms with Crippen LogP contribution in [0.3, 0.4) is 0 Å². The van der Waals surface area contributed by atoms with Crippen LogP contribution in [-0.4, -0.2) is 29.9 Å². The summed E-state index contributed by atoms with van der Waals surface area (Å²) in [6.07, 6.45) is 1.64. The van der Waals surface area contributed by atoms with Gasteiger partial charge in [0.05, 0.1) is 24.9 Å². The first kappa shape index (κ1) is 17.5. The molecule has 0 spiro atoms. The van der Waals surface area contributed by atoms with Gasteiger partial charge in [0.1, 0.15) is 23.1 Å². The number of ether oxygens (including phenoxy) is 1. The SMILES string of the molecule is COc1ccccc1Nc1ncccc1C(=O)N(C)Cc1ccc(C)o1. The Morgan fingerprint density at radius 2 is 2.00 bits per heavy atom. The van der Waals surface area contributed by atoms with Crippen LogP contribution < -0.4 is 10.1 Å². The maximum atomic E-state index is 12.9. The number of methoxy groups -OCH3 is 1. The minimum Gasteiger partial charge on any atom is -0.495 e. The number of pyridine rings is 1. The highest BCUT2D eigenvalue weighted by Crippen LogP contribution is 2.28. The number of aryl methyl sites for hydroxylation is 1. The largest absolute Gasteiger partial charge is 0.495 e. The van der Waals surface area contributed by atoms with E-state index in [1.165, 1.54) is 0 Å².